The van der Waals surface area contributed by atoms with Crippen LogP contribution < -0.4 is 10.2 Å². The van der Waals surface area contributed by atoms with Gasteiger partial charge in [-0.3, -0.25) is 0 Å². The first kappa shape index (κ1) is 15.3. The van der Waals surface area contributed by atoms with Crippen molar-refractivity contribution in [3.8, 4) is 0 Å². The maximum absolute atomic E-state index is 6.21. The largest absolute Gasteiger partial charge is 0.347 e. The fourth-order valence-electron chi connectivity index (χ4n) is 2.04. The second-order valence-electron chi connectivity index (χ2n) is 4.90. The van der Waals surface area contributed by atoms with Gasteiger partial charge in [0.15, 0.2) is 5.13 Å². The van der Waals surface area contributed by atoms with Crippen LogP contribution in [0, 0.1) is 6.92 Å². The predicted molar refractivity (Wildman–Crippen MR) is 87.9 cm³/mol. The molecule has 108 valence electrons. The summed E-state index contributed by atoms with van der Waals surface area (Å²) in [5.41, 5.74) is 2.21. The van der Waals surface area contributed by atoms with Gasteiger partial charge in [-0.15, -0.1) is 11.3 Å². The van der Waals surface area contributed by atoms with Gasteiger partial charge < -0.3 is 10.2 Å². The minimum atomic E-state index is 0.329. The average molecular weight is 310 g/mol. The van der Waals surface area contributed by atoms with E-state index in [4.69, 9.17) is 11.6 Å². The molecule has 0 saturated heterocycles. The van der Waals surface area contributed by atoms with E-state index in [0.717, 1.165) is 28.0 Å². The van der Waals surface area contributed by atoms with Crippen LogP contribution in [0.3, 0.4) is 0 Å². The lowest BCUT2D eigenvalue weighted by atomic mass is 10.2. The maximum atomic E-state index is 6.21. The number of aryl methyl sites for hydroxylation is 1. The number of rotatable bonds is 5. The molecule has 1 unspecified atom stereocenters. The van der Waals surface area contributed by atoms with E-state index in [1.807, 2.05) is 25.2 Å². The number of hydrogen-bond acceptors (Lipinski definition) is 4. The molecule has 1 aromatic heterocycles. The van der Waals surface area contributed by atoms with Crippen LogP contribution in [-0.4, -0.2) is 19.1 Å². The lowest BCUT2D eigenvalue weighted by molar-refractivity contribution is 0.658. The molecular formula is C15H20ClN3S. The molecule has 2 rings (SSSR count). The van der Waals surface area contributed by atoms with Crippen molar-refractivity contribution in [2.75, 3.05) is 19.0 Å². The summed E-state index contributed by atoms with van der Waals surface area (Å²) in [6.07, 6.45) is 0. The number of halogens is 1. The van der Waals surface area contributed by atoms with Gasteiger partial charge in [0, 0.05) is 29.5 Å². The maximum Gasteiger partial charge on any atom is 0.185 e. The third-order valence-electron chi connectivity index (χ3n) is 3.34. The summed E-state index contributed by atoms with van der Waals surface area (Å²) in [5.74, 6) is 0. The molecule has 0 aliphatic carbocycles. The molecule has 1 heterocycles. The number of anilines is 1. The van der Waals surface area contributed by atoms with E-state index in [1.54, 1.807) is 11.3 Å². The molecule has 5 heteroatoms. The van der Waals surface area contributed by atoms with Gasteiger partial charge in [0.2, 0.25) is 0 Å². The molecule has 1 aromatic carbocycles. The van der Waals surface area contributed by atoms with Crippen LogP contribution in [0.2, 0.25) is 5.02 Å². The molecule has 0 spiro atoms. The Balaban J connectivity index is 2.18. The van der Waals surface area contributed by atoms with Crippen LogP contribution in [0.15, 0.2) is 24.3 Å². The van der Waals surface area contributed by atoms with E-state index in [1.165, 1.54) is 4.88 Å². The predicted octanol–water partition coefficient (Wildman–Crippen LogP) is 4.02. The van der Waals surface area contributed by atoms with Crippen molar-refractivity contribution in [2.24, 2.45) is 0 Å². The van der Waals surface area contributed by atoms with E-state index in [9.17, 15) is 0 Å². The van der Waals surface area contributed by atoms with Gasteiger partial charge >= 0.3 is 0 Å². The summed E-state index contributed by atoms with van der Waals surface area (Å²) in [6, 6.07) is 8.26. The molecule has 0 aliphatic heterocycles. The molecule has 0 aliphatic rings. The minimum Gasteiger partial charge on any atom is -0.347 e. The van der Waals surface area contributed by atoms with Gasteiger partial charge in [-0.1, -0.05) is 29.8 Å². The fraction of sp³-hybridized carbons (Fsp3) is 0.400. The first-order valence-electron chi connectivity index (χ1n) is 6.62. The molecule has 0 saturated carbocycles. The van der Waals surface area contributed by atoms with Crippen LogP contribution >= 0.6 is 22.9 Å². The second kappa shape index (κ2) is 6.57. The van der Waals surface area contributed by atoms with Crippen LogP contribution in [0.1, 0.15) is 29.1 Å². The second-order valence-corrected chi connectivity index (χ2v) is 6.32. The lowest BCUT2D eigenvalue weighted by Gasteiger charge is -2.16. The Bertz CT molecular complexity index is 582. The van der Waals surface area contributed by atoms with Crippen molar-refractivity contribution in [3.05, 3.63) is 45.4 Å². The van der Waals surface area contributed by atoms with E-state index in [2.05, 4.69) is 42.2 Å². The Morgan fingerprint density at radius 3 is 2.75 bits per heavy atom. The Morgan fingerprint density at radius 2 is 2.10 bits per heavy atom. The molecule has 0 bridgehead atoms. The van der Waals surface area contributed by atoms with Crippen molar-refractivity contribution in [1.29, 1.82) is 0 Å². The highest BCUT2D eigenvalue weighted by molar-refractivity contribution is 7.15. The molecule has 3 nitrogen and oxygen atoms in total. The monoisotopic (exact) mass is 309 g/mol. The highest BCUT2D eigenvalue weighted by Crippen LogP contribution is 2.31. The highest BCUT2D eigenvalue weighted by Gasteiger charge is 2.15. The van der Waals surface area contributed by atoms with Crippen LogP contribution in [0.4, 0.5) is 5.13 Å². The number of hydrogen-bond donors (Lipinski definition) is 1. The molecule has 0 radical (unpaired) electrons. The molecule has 1 N–H and O–H groups in total. The average Bonchev–Trinajstić information content (AvgIpc) is 2.82. The van der Waals surface area contributed by atoms with Crippen LogP contribution in [-0.2, 0) is 6.54 Å². The SMILES string of the molecule is CNC(C)c1sc(N(C)Cc2ccccc2Cl)nc1C. The summed E-state index contributed by atoms with van der Waals surface area (Å²) < 4.78 is 0. The number of nitrogens with zero attached hydrogens (tertiary/aromatic N) is 2. The molecule has 1 atom stereocenters. The first-order chi connectivity index (χ1) is 9.52. The molecular weight excluding hydrogens is 290 g/mol. The zero-order valence-corrected chi connectivity index (χ0v) is 13.8. The molecule has 2 aromatic rings. The van der Waals surface area contributed by atoms with Crippen LogP contribution in [0.5, 0.6) is 0 Å². The standard InChI is InChI=1S/C15H20ClN3S/c1-10(17-3)14-11(2)18-15(20-14)19(4)9-12-7-5-6-8-13(12)16/h5-8,10,17H,9H2,1-4H3. The summed E-state index contributed by atoms with van der Waals surface area (Å²) >= 11 is 7.95. The van der Waals surface area contributed by atoms with E-state index < -0.39 is 0 Å². The van der Waals surface area contributed by atoms with Crippen molar-refractivity contribution in [2.45, 2.75) is 26.4 Å². The zero-order valence-electron chi connectivity index (χ0n) is 12.3. The summed E-state index contributed by atoms with van der Waals surface area (Å²) in [4.78, 5) is 8.10. The molecule has 20 heavy (non-hydrogen) atoms. The van der Waals surface area contributed by atoms with Crippen LogP contribution in [0.25, 0.3) is 0 Å². The summed E-state index contributed by atoms with van der Waals surface area (Å²) in [5, 5.41) is 5.09. The smallest absolute Gasteiger partial charge is 0.185 e. The van der Waals surface area contributed by atoms with Crippen molar-refractivity contribution in [3.63, 3.8) is 0 Å². The van der Waals surface area contributed by atoms with Gasteiger partial charge in [0.25, 0.3) is 0 Å². The highest BCUT2D eigenvalue weighted by atomic mass is 35.5. The quantitative estimate of drug-likeness (QED) is 0.904. The minimum absolute atomic E-state index is 0.329. The zero-order chi connectivity index (χ0) is 14.7. The Kier molecular flexibility index (Phi) is 5.02. The van der Waals surface area contributed by atoms with Gasteiger partial charge in [-0.2, -0.15) is 0 Å². The van der Waals surface area contributed by atoms with Gasteiger partial charge in [0.1, 0.15) is 0 Å². The number of nitrogens with one attached hydrogen (secondary N) is 1. The number of benzene rings is 1. The topological polar surface area (TPSA) is 28.2 Å². The van der Waals surface area contributed by atoms with E-state index >= 15 is 0 Å². The van der Waals surface area contributed by atoms with Gasteiger partial charge in [-0.25, -0.2) is 4.98 Å². The first-order valence-corrected chi connectivity index (χ1v) is 7.81. The number of thiazole rings is 1. The number of aromatic nitrogens is 1. The van der Waals surface area contributed by atoms with E-state index in [0.29, 0.717) is 6.04 Å². The Labute approximate surface area is 129 Å². The lowest BCUT2D eigenvalue weighted by Crippen LogP contribution is -2.16. The molecule has 0 fully saturated rings. The third-order valence-corrected chi connectivity index (χ3v) is 5.16. The summed E-state index contributed by atoms with van der Waals surface area (Å²) in [6.45, 7) is 4.98. The Morgan fingerprint density at radius 1 is 1.40 bits per heavy atom. The van der Waals surface area contributed by atoms with Crippen molar-refractivity contribution >= 4 is 28.1 Å². The fourth-order valence-corrected chi connectivity index (χ4v) is 3.32. The van der Waals surface area contributed by atoms with Gasteiger partial charge in [0.05, 0.1) is 5.69 Å². The third kappa shape index (κ3) is 3.32. The summed E-state index contributed by atoms with van der Waals surface area (Å²) in [7, 11) is 4.02. The Hall–Kier alpha value is -1.10. The van der Waals surface area contributed by atoms with Crippen molar-refractivity contribution < 1.29 is 0 Å². The molecule has 0 amide bonds. The van der Waals surface area contributed by atoms with Crippen molar-refractivity contribution in [1.82, 2.24) is 10.3 Å². The van der Waals surface area contributed by atoms with E-state index in [-0.39, 0.29) is 0 Å². The van der Waals surface area contributed by atoms with Gasteiger partial charge in [-0.05, 0) is 32.5 Å². The normalized spacial score (nSPS) is 12.4.